The molecule has 5 nitrogen and oxygen atoms in total. The number of hydrogen-bond donors (Lipinski definition) is 1. The van der Waals surface area contributed by atoms with E-state index in [4.69, 9.17) is 9.47 Å². The van der Waals surface area contributed by atoms with Crippen molar-refractivity contribution in [1.29, 1.82) is 0 Å². The van der Waals surface area contributed by atoms with Gasteiger partial charge in [0.25, 0.3) is 0 Å². The Morgan fingerprint density at radius 2 is 1.70 bits per heavy atom. The van der Waals surface area contributed by atoms with Crippen LogP contribution in [0.2, 0.25) is 0 Å². The van der Waals surface area contributed by atoms with Crippen molar-refractivity contribution in [3.63, 3.8) is 0 Å². The maximum atomic E-state index is 12.3. The van der Waals surface area contributed by atoms with Crippen LogP contribution in [-0.4, -0.2) is 32.7 Å². The Hall–Kier alpha value is -2.69. The van der Waals surface area contributed by atoms with E-state index < -0.39 is 0 Å². The molecule has 1 fully saturated rings. The Morgan fingerprint density at radius 1 is 1.07 bits per heavy atom. The second-order valence-corrected chi connectivity index (χ2v) is 8.18. The lowest BCUT2D eigenvalue weighted by molar-refractivity contribution is -0.121. The summed E-state index contributed by atoms with van der Waals surface area (Å²) in [6, 6.07) is 16.1. The zero-order valence-corrected chi connectivity index (χ0v) is 18.4. The van der Waals surface area contributed by atoms with E-state index in [1.807, 2.05) is 31.2 Å². The van der Waals surface area contributed by atoms with Crippen LogP contribution in [0.3, 0.4) is 0 Å². The standard InChI is InChI=1S/C25H34N2O3/c1-19-14-16-27(17-15-19)22-8-6-21(7-9-22)20(2)26-25(28)5-4-18-30-24-12-10-23(29-3)11-13-24/h6-13,19-20H,4-5,14-18H2,1-3H3,(H,26,28)/t20-/m1/s1. The molecule has 162 valence electrons. The number of ether oxygens (including phenoxy) is 2. The summed E-state index contributed by atoms with van der Waals surface area (Å²) in [7, 11) is 1.64. The molecule has 0 saturated carbocycles. The Balaban J connectivity index is 1.38. The van der Waals surface area contributed by atoms with E-state index in [1.165, 1.54) is 18.5 Å². The van der Waals surface area contributed by atoms with E-state index >= 15 is 0 Å². The van der Waals surface area contributed by atoms with Crippen molar-refractivity contribution in [3.05, 3.63) is 54.1 Å². The molecule has 0 aromatic heterocycles. The normalized spacial score (nSPS) is 15.5. The van der Waals surface area contributed by atoms with Crippen molar-refractivity contribution < 1.29 is 14.3 Å². The fourth-order valence-corrected chi connectivity index (χ4v) is 3.73. The molecule has 3 rings (SSSR count). The molecule has 0 unspecified atom stereocenters. The lowest BCUT2D eigenvalue weighted by Crippen LogP contribution is -2.32. The van der Waals surface area contributed by atoms with Crippen molar-refractivity contribution in [2.24, 2.45) is 5.92 Å². The molecular formula is C25H34N2O3. The summed E-state index contributed by atoms with van der Waals surface area (Å²) >= 11 is 0. The highest BCUT2D eigenvalue weighted by molar-refractivity contribution is 5.76. The van der Waals surface area contributed by atoms with Crippen molar-refractivity contribution >= 4 is 11.6 Å². The SMILES string of the molecule is COc1ccc(OCCCC(=O)N[C@H](C)c2ccc(N3CCC(C)CC3)cc2)cc1. The van der Waals surface area contributed by atoms with Gasteiger partial charge in [0.15, 0.2) is 0 Å². The van der Waals surface area contributed by atoms with Crippen LogP contribution in [0.25, 0.3) is 0 Å². The minimum atomic E-state index is -0.00423. The van der Waals surface area contributed by atoms with Gasteiger partial charge in [-0.3, -0.25) is 4.79 Å². The average Bonchev–Trinajstić information content (AvgIpc) is 2.78. The molecule has 1 aliphatic rings. The number of piperidine rings is 1. The number of methoxy groups -OCH3 is 1. The molecule has 1 atom stereocenters. The molecule has 0 aliphatic carbocycles. The van der Waals surface area contributed by atoms with E-state index in [0.717, 1.165) is 36.1 Å². The number of rotatable bonds is 9. The average molecular weight is 411 g/mol. The predicted octanol–water partition coefficient (Wildman–Crippen LogP) is 4.97. The second-order valence-electron chi connectivity index (χ2n) is 8.18. The molecule has 0 spiro atoms. The van der Waals surface area contributed by atoms with Crippen molar-refractivity contribution in [2.45, 2.75) is 45.6 Å². The van der Waals surface area contributed by atoms with E-state index in [2.05, 4.69) is 41.4 Å². The van der Waals surface area contributed by atoms with Gasteiger partial charge < -0.3 is 19.7 Å². The van der Waals surface area contributed by atoms with Gasteiger partial charge in [-0.15, -0.1) is 0 Å². The minimum Gasteiger partial charge on any atom is -0.497 e. The summed E-state index contributed by atoms with van der Waals surface area (Å²) in [5.41, 5.74) is 2.41. The van der Waals surface area contributed by atoms with Crippen LogP contribution < -0.4 is 19.7 Å². The molecule has 2 aromatic rings. The summed E-state index contributed by atoms with van der Waals surface area (Å²) in [6.07, 6.45) is 3.65. The van der Waals surface area contributed by atoms with E-state index in [0.29, 0.717) is 19.4 Å². The zero-order chi connectivity index (χ0) is 21.3. The number of carbonyl (C=O) groups excluding carboxylic acids is 1. The third-order valence-corrected chi connectivity index (χ3v) is 5.80. The highest BCUT2D eigenvalue weighted by Crippen LogP contribution is 2.24. The van der Waals surface area contributed by atoms with Crippen LogP contribution >= 0.6 is 0 Å². The van der Waals surface area contributed by atoms with Gasteiger partial charge in [0.05, 0.1) is 19.8 Å². The number of nitrogens with zero attached hydrogens (tertiary/aromatic N) is 1. The number of hydrogen-bond acceptors (Lipinski definition) is 4. The highest BCUT2D eigenvalue weighted by atomic mass is 16.5. The molecule has 0 bridgehead atoms. The smallest absolute Gasteiger partial charge is 0.220 e. The first kappa shape index (κ1) is 22.0. The number of benzene rings is 2. The molecule has 0 radical (unpaired) electrons. The zero-order valence-electron chi connectivity index (χ0n) is 18.4. The third kappa shape index (κ3) is 6.41. The van der Waals surface area contributed by atoms with Crippen molar-refractivity contribution in [1.82, 2.24) is 5.32 Å². The summed E-state index contributed by atoms with van der Waals surface area (Å²) in [6.45, 7) is 7.13. The first-order valence-electron chi connectivity index (χ1n) is 11.0. The first-order chi connectivity index (χ1) is 14.5. The largest absolute Gasteiger partial charge is 0.497 e. The topological polar surface area (TPSA) is 50.8 Å². The molecule has 1 saturated heterocycles. The Labute approximate surface area is 180 Å². The Kier molecular flexibility index (Phi) is 8.00. The van der Waals surface area contributed by atoms with E-state index in [1.54, 1.807) is 7.11 Å². The number of amides is 1. The van der Waals surface area contributed by atoms with E-state index in [9.17, 15) is 4.79 Å². The lowest BCUT2D eigenvalue weighted by atomic mass is 9.98. The highest BCUT2D eigenvalue weighted by Gasteiger charge is 2.16. The Bertz CT molecular complexity index is 781. The summed E-state index contributed by atoms with van der Waals surface area (Å²) in [5, 5.41) is 3.09. The van der Waals surface area contributed by atoms with Crippen molar-refractivity contribution in [3.8, 4) is 11.5 Å². The summed E-state index contributed by atoms with van der Waals surface area (Å²) in [4.78, 5) is 14.7. The second kappa shape index (κ2) is 10.9. The Morgan fingerprint density at radius 3 is 2.33 bits per heavy atom. The molecule has 5 heteroatoms. The van der Waals surface area contributed by atoms with Gasteiger partial charge in [-0.25, -0.2) is 0 Å². The molecular weight excluding hydrogens is 376 g/mol. The maximum absolute atomic E-state index is 12.3. The van der Waals surface area contributed by atoms with Gasteiger partial charge in [0.2, 0.25) is 5.91 Å². The van der Waals surface area contributed by atoms with Crippen molar-refractivity contribution in [2.75, 3.05) is 31.7 Å². The third-order valence-electron chi connectivity index (χ3n) is 5.80. The van der Waals surface area contributed by atoms with Gasteiger partial charge in [-0.05, 0) is 74.1 Å². The molecule has 1 N–H and O–H groups in total. The summed E-state index contributed by atoms with van der Waals surface area (Å²) in [5.74, 6) is 2.47. The fourth-order valence-electron chi connectivity index (χ4n) is 3.73. The van der Waals surface area contributed by atoms with Gasteiger partial charge in [0.1, 0.15) is 11.5 Å². The molecule has 1 heterocycles. The fraction of sp³-hybridized carbons (Fsp3) is 0.480. The lowest BCUT2D eigenvalue weighted by Gasteiger charge is -2.32. The first-order valence-corrected chi connectivity index (χ1v) is 11.0. The van der Waals surface area contributed by atoms with Crippen LogP contribution in [0.15, 0.2) is 48.5 Å². The summed E-state index contributed by atoms with van der Waals surface area (Å²) < 4.78 is 10.8. The van der Waals surface area contributed by atoms with Crippen LogP contribution in [0.1, 0.15) is 51.1 Å². The van der Waals surface area contributed by atoms with Gasteiger partial charge in [0, 0.05) is 25.2 Å². The van der Waals surface area contributed by atoms with Gasteiger partial charge in [-0.2, -0.15) is 0 Å². The van der Waals surface area contributed by atoms with Crippen LogP contribution in [0.4, 0.5) is 5.69 Å². The maximum Gasteiger partial charge on any atom is 0.220 e. The molecule has 1 amide bonds. The van der Waals surface area contributed by atoms with Gasteiger partial charge in [-0.1, -0.05) is 19.1 Å². The van der Waals surface area contributed by atoms with Gasteiger partial charge >= 0.3 is 0 Å². The number of anilines is 1. The quantitative estimate of drug-likeness (QED) is 0.593. The molecule has 30 heavy (non-hydrogen) atoms. The van der Waals surface area contributed by atoms with E-state index in [-0.39, 0.29) is 11.9 Å². The molecule has 2 aromatic carbocycles. The predicted molar refractivity (Wildman–Crippen MR) is 121 cm³/mol. The minimum absolute atomic E-state index is 0.00423. The number of carbonyl (C=O) groups is 1. The monoisotopic (exact) mass is 410 g/mol. The van der Waals surface area contributed by atoms with Crippen LogP contribution in [-0.2, 0) is 4.79 Å². The molecule has 1 aliphatic heterocycles. The number of nitrogens with one attached hydrogen (secondary N) is 1. The van der Waals surface area contributed by atoms with Crippen LogP contribution in [0, 0.1) is 5.92 Å². The van der Waals surface area contributed by atoms with Crippen LogP contribution in [0.5, 0.6) is 11.5 Å².